The van der Waals surface area contributed by atoms with Crippen LogP contribution in [0.2, 0.25) is 0 Å². The standard InChI is InChI=1S/C16H26N2O2/c1-12(2)17-14-7-8-18(11-14)10-13-5-6-15(19-3)9-16(13)20-4/h5-6,9,12,14,17H,7-8,10-11H2,1-4H3. The van der Waals surface area contributed by atoms with E-state index in [9.17, 15) is 0 Å². The highest BCUT2D eigenvalue weighted by atomic mass is 16.5. The van der Waals surface area contributed by atoms with Gasteiger partial charge in [0.2, 0.25) is 0 Å². The second-order valence-corrected chi connectivity index (χ2v) is 5.72. The van der Waals surface area contributed by atoms with Gasteiger partial charge < -0.3 is 14.8 Å². The van der Waals surface area contributed by atoms with Crippen molar-refractivity contribution in [2.75, 3.05) is 27.3 Å². The SMILES string of the molecule is COc1ccc(CN2CCC(NC(C)C)C2)c(OC)c1. The molecule has 0 saturated carbocycles. The van der Waals surface area contributed by atoms with E-state index in [0.717, 1.165) is 31.1 Å². The average Bonchev–Trinajstić information content (AvgIpc) is 2.85. The van der Waals surface area contributed by atoms with Gasteiger partial charge in [-0.1, -0.05) is 19.9 Å². The van der Waals surface area contributed by atoms with Crippen LogP contribution < -0.4 is 14.8 Å². The first-order valence-electron chi connectivity index (χ1n) is 7.31. The maximum absolute atomic E-state index is 5.47. The predicted octanol–water partition coefficient (Wildman–Crippen LogP) is 2.28. The number of ether oxygens (including phenoxy) is 2. The maximum atomic E-state index is 5.47. The molecule has 0 radical (unpaired) electrons. The quantitative estimate of drug-likeness (QED) is 0.865. The Bertz CT molecular complexity index is 434. The van der Waals surface area contributed by atoms with Crippen LogP contribution in [0, 0.1) is 0 Å². The van der Waals surface area contributed by atoms with E-state index in [0.29, 0.717) is 12.1 Å². The molecule has 1 fully saturated rings. The summed E-state index contributed by atoms with van der Waals surface area (Å²) in [5.74, 6) is 1.75. The van der Waals surface area contributed by atoms with Gasteiger partial charge >= 0.3 is 0 Å². The molecule has 0 aliphatic carbocycles. The van der Waals surface area contributed by atoms with Crippen LogP contribution in [-0.4, -0.2) is 44.3 Å². The molecular formula is C16H26N2O2. The van der Waals surface area contributed by atoms with E-state index in [1.807, 2.05) is 12.1 Å². The first kappa shape index (κ1) is 15.1. The van der Waals surface area contributed by atoms with Crippen molar-refractivity contribution in [3.8, 4) is 11.5 Å². The smallest absolute Gasteiger partial charge is 0.127 e. The van der Waals surface area contributed by atoms with Crippen molar-refractivity contribution < 1.29 is 9.47 Å². The Kier molecular flexibility index (Phi) is 5.26. The summed E-state index contributed by atoms with van der Waals surface area (Å²) in [4.78, 5) is 2.48. The van der Waals surface area contributed by atoms with E-state index in [2.05, 4.69) is 30.1 Å². The van der Waals surface area contributed by atoms with Crippen LogP contribution >= 0.6 is 0 Å². The molecule has 1 heterocycles. The summed E-state index contributed by atoms with van der Waals surface area (Å²) in [5, 5.41) is 3.61. The lowest BCUT2D eigenvalue weighted by Gasteiger charge is -2.19. The van der Waals surface area contributed by atoms with Crippen molar-refractivity contribution in [3.05, 3.63) is 23.8 Å². The highest BCUT2D eigenvalue weighted by Gasteiger charge is 2.23. The molecule has 0 aromatic heterocycles. The Morgan fingerprint density at radius 1 is 1.30 bits per heavy atom. The van der Waals surface area contributed by atoms with Gasteiger partial charge in [-0.15, -0.1) is 0 Å². The monoisotopic (exact) mass is 278 g/mol. The number of hydrogen-bond acceptors (Lipinski definition) is 4. The largest absolute Gasteiger partial charge is 0.497 e. The summed E-state index contributed by atoms with van der Waals surface area (Å²) in [7, 11) is 3.39. The molecular weight excluding hydrogens is 252 g/mol. The fraction of sp³-hybridized carbons (Fsp3) is 0.625. The highest BCUT2D eigenvalue weighted by molar-refractivity contribution is 5.40. The second kappa shape index (κ2) is 6.95. The number of hydrogen-bond donors (Lipinski definition) is 1. The molecule has 1 unspecified atom stereocenters. The van der Waals surface area contributed by atoms with E-state index in [1.54, 1.807) is 14.2 Å². The van der Waals surface area contributed by atoms with Crippen LogP contribution in [-0.2, 0) is 6.54 Å². The minimum absolute atomic E-state index is 0.551. The van der Waals surface area contributed by atoms with E-state index in [-0.39, 0.29) is 0 Å². The number of benzene rings is 1. The lowest BCUT2D eigenvalue weighted by atomic mass is 10.2. The van der Waals surface area contributed by atoms with Gasteiger partial charge in [0.1, 0.15) is 11.5 Å². The molecule has 2 rings (SSSR count). The molecule has 112 valence electrons. The summed E-state index contributed by atoms with van der Waals surface area (Å²) in [6.45, 7) is 7.58. The normalized spacial score (nSPS) is 19.6. The van der Waals surface area contributed by atoms with Gasteiger partial charge in [0, 0.05) is 43.3 Å². The van der Waals surface area contributed by atoms with Gasteiger partial charge in [-0.3, -0.25) is 4.90 Å². The molecule has 1 aromatic carbocycles. The van der Waals surface area contributed by atoms with Crippen molar-refractivity contribution >= 4 is 0 Å². The molecule has 4 nitrogen and oxygen atoms in total. The van der Waals surface area contributed by atoms with Crippen LogP contribution in [0.5, 0.6) is 11.5 Å². The van der Waals surface area contributed by atoms with Gasteiger partial charge in [-0.2, -0.15) is 0 Å². The number of rotatable bonds is 6. The molecule has 20 heavy (non-hydrogen) atoms. The third-order valence-electron chi connectivity index (χ3n) is 3.73. The fourth-order valence-corrected chi connectivity index (χ4v) is 2.81. The first-order chi connectivity index (χ1) is 9.62. The fourth-order valence-electron chi connectivity index (χ4n) is 2.81. The molecule has 4 heteroatoms. The van der Waals surface area contributed by atoms with E-state index < -0.39 is 0 Å². The molecule has 1 aliphatic heterocycles. The van der Waals surface area contributed by atoms with Crippen LogP contribution in [0.4, 0.5) is 0 Å². The summed E-state index contributed by atoms with van der Waals surface area (Å²) in [5.41, 5.74) is 1.22. The highest BCUT2D eigenvalue weighted by Crippen LogP contribution is 2.26. The lowest BCUT2D eigenvalue weighted by Crippen LogP contribution is -2.36. The third kappa shape index (κ3) is 3.87. The molecule has 1 aliphatic rings. The van der Waals surface area contributed by atoms with Crippen LogP contribution in [0.25, 0.3) is 0 Å². The van der Waals surface area contributed by atoms with Gasteiger partial charge in [0.15, 0.2) is 0 Å². The van der Waals surface area contributed by atoms with E-state index in [4.69, 9.17) is 9.47 Å². The zero-order valence-corrected chi connectivity index (χ0v) is 13.0. The van der Waals surface area contributed by atoms with Crippen LogP contribution in [0.3, 0.4) is 0 Å². The molecule has 0 spiro atoms. The minimum Gasteiger partial charge on any atom is -0.497 e. The first-order valence-corrected chi connectivity index (χ1v) is 7.31. The summed E-state index contributed by atoms with van der Waals surface area (Å²) in [6.07, 6.45) is 1.22. The number of nitrogens with one attached hydrogen (secondary N) is 1. The zero-order valence-electron chi connectivity index (χ0n) is 13.0. The van der Waals surface area contributed by atoms with Gasteiger partial charge in [-0.05, 0) is 12.5 Å². The van der Waals surface area contributed by atoms with Gasteiger partial charge in [-0.25, -0.2) is 0 Å². The zero-order chi connectivity index (χ0) is 14.5. The van der Waals surface area contributed by atoms with Crippen LogP contribution in [0.15, 0.2) is 18.2 Å². The molecule has 1 aromatic rings. The van der Waals surface area contributed by atoms with Crippen molar-refractivity contribution in [1.29, 1.82) is 0 Å². The van der Waals surface area contributed by atoms with Crippen molar-refractivity contribution in [3.63, 3.8) is 0 Å². The van der Waals surface area contributed by atoms with Gasteiger partial charge in [0.25, 0.3) is 0 Å². The molecule has 0 amide bonds. The predicted molar refractivity (Wildman–Crippen MR) is 81.5 cm³/mol. The Morgan fingerprint density at radius 2 is 2.10 bits per heavy atom. The van der Waals surface area contributed by atoms with Gasteiger partial charge in [0.05, 0.1) is 14.2 Å². The summed E-state index contributed by atoms with van der Waals surface area (Å²) >= 11 is 0. The minimum atomic E-state index is 0.551. The Labute approximate surface area is 122 Å². The van der Waals surface area contributed by atoms with Crippen molar-refractivity contribution in [2.45, 2.75) is 38.9 Å². The molecule has 1 saturated heterocycles. The van der Waals surface area contributed by atoms with Crippen LogP contribution in [0.1, 0.15) is 25.8 Å². The molecule has 0 bridgehead atoms. The number of methoxy groups -OCH3 is 2. The summed E-state index contributed by atoms with van der Waals surface area (Å²) < 4.78 is 10.7. The summed E-state index contributed by atoms with van der Waals surface area (Å²) in [6, 6.07) is 7.21. The Hall–Kier alpha value is -1.26. The Balaban J connectivity index is 1.97. The van der Waals surface area contributed by atoms with E-state index >= 15 is 0 Å². The van der Waals surface area contributed by atoms with Crippen molar-refractivity contribution in [1.82, 2.24) is 10.2 Å². The maximum Gasteiger partial charge on any atom is 0.127 e. The molecule has 1 atom stereocenters. The third-order valence-corrected chi connectivity index (χ3v) is 3.73. The molecule has 1 N–H and O–H groups in total. The van der Waals surface area contributed by atoms with Crippen molar-refractivity contribution in [2.24, 2.45) is 0 Å². The number of nitrogens with zero attached hydrogens (tertiary/aromatic N) is 1. The lowest BCUT2D eigenvalue weighted by molar-refractivity contribution is 0.308. The second-order valence-electron chi connectivity index (χ2n) is 5.72. The average molecular weight is 278 g/mol. The topological polar surface area (TPSA) is 33.7 Å². The number of likely N-dealkylation sites (tertiary alicyclic amines) is 1. The van der Waals surface area contributed by atoms with E-state index in [1.165, 1.54) is 12.0 Å². The Morgan fingerprint density at radius 3 is 2.75 bits per heavy atom.